The number of ether oxygens (including phenoxy) is 3. The van der Waals surface area contributed by atoms with Gasteiger partial charge in [0.2, 0.25) is 0 Å². The SMILES string of the molecule is COCCOCO[C@H]1C[C@@H]2C[C@H]1[C@H]1ON=C(c3ccccc3)[C@@H]21. The van der Waals surface area contributed by atoms with Gasteiger partial charge < -0.3 is 19.0 Å². The minimum atomic E-state index is 0.174. The molecule has 23 heavy (non-hydrogen) atoms. The van der Waals surface area contributed by atoms with E-state index in [1.165, 1.54) is 12.0 Å². The molecule has 1 aromatic rings. The first kappa shape index (κ1) is 15.1. The van der Waals surface area contributed by atoms with Crippen molar-refractivity contribution in [3.8, 4) is 0 Å². The maximum Gasteiger partial charge on any atom is 0.147 e. The number of fused-ring (bicyclic) bond motifs is 5. The van der Waals surface area contributed by atoms with Gasteiger partial charge in [-0.1, -0.05) is 35.5 Å². The molecule has 2 aliphatic carbocycles. The first-order chi connectivity index (χ1) is 11.4. The highest BCUT2D eigenvalue weighted by Crippen LogP contribution is 2.54. The second-order valence-corrected chi connectivity index (χ2v) is 6.56. The molecule has 0 aromatic heterocycles. The van der Waals surface area contributed by atoms with Crippen molar-refractivity contribution in [3.63, 3.8) is 0 Å². The van der Waals surface area contributed by atoms with Crippen molar-refractivity contribution in [2.45, 2.75) is 25.0 Å². The van der Waals surface area contributed by atoms with Gasteiger partial charge in [0.15, 0.2) is 0 Å². The summed E-state index contributed by atoms with van der Waals surface area (Å²) in [5, 5.41) is 4.40. The lowest BCUT2D eigenvalue weighted by molar-refractivity contribution is -0.131. The van der Waals surface area contributed by atoms with Gasteiger partial charge in [0.05, 0.1) is 25.0 Å². The summed E-state index contributed by atoms with van der Waals surface area (Å²) < 4.78 is 16.3. The second kappa shape index (κ2) is 6.59. The highest BCUT2D eigenvalue weighted by Gasteiger charge is 2.59. The monoisotopic (exact) mass is 317 g/mol. The molecule has 1 aliphatic heterocycles. The van der Waals surface area contributed by atoms with Gasteiger partial charge in [-0.25, -0.2) is 0 Å². The lowest BCUT2D eigenvalue weighted by atomic mass is 9.80. The fraction of sp³-hybridized carbons (Fsp3) is 0.611. The van der Waals surface area contributed by atoms with E-state index in [-0.39, 0.29) is 12.2 Å². The van der Waals surface area contributed by atoms with Crippen molar-refractivity contribution in [3.05, 3.63) is 35.9 Å². The van der Waals surface area contributed by atoms with Gasteiger partial charge in [-0.05, 0) is 24.3 Å². The summed E-state index contributed by atoms with van der Waals surface area (Å²) in [6.07, 6.45) is 2.65. The molecule has 5 atom stereocenters. The fourth-order valence-electron chi connectivity index (χ4n) is 4.33. The largest absolute Gasteiger partial charge is 0.391 e. The lowest BCUT2D eigenvalue weighted by Crippen LogP contribution is -2.38. The van der Waals surface area contributed by atoms with Crippen LogP contribution in [-0.2, 0) is 19.0 Å². The van der Waals surface area contributed by atoms with Crippen LogP contribution >= 0.6 is 0 Å². The highest BCUT2D eigenvalue weighted by molar-refractivity contribution is 6.03. The second-order valence-electron chi connectivity index (χ2n) is 6.56. The molecule has 2 saturated carbocycles. The topological polar surface area (TPSA) is 49.3 Å². The third-order valence-corrected chi connectivity index (χ3v) is 5.33. The summed E-state index contributed by atoms with van der Waals surface area (Å²) >= 11 is 0. The Labute approximate surface area is 136 Å². The zero-order valence-electron chi connectivity index (χ0n) is 13.4. The highest BCUT2D eigenvalue weighted by atomic mass is 16.7. The first-order valence-corrected chi connectivity index (χ1v) is 8.36. The Morgan fingerprint density at radius 2 is 2.04 bits per heavy atom. The minimum absolute atomic E-state index is 0.174. The smallest absolute Gasteiger partial charge is 0.147 e. The summed E-state index contributed by atoms with van der Waals surface area (Å²) in [6.45, 7) is 1.50. The van der Waals surface area contributed by atoms with Crippen LogP contribution in [0.15, 0.2) is 35.5 Å². The molecule has 2 fully saturated rings. The third kappa shape index (κ3) is 2.77. The molecule has 2 bridgehead atoms. The Bertz CT molecular complexity index is 561. The molecule has 124 valence electrons. The van der Waals surface area contributed by atoms with Gasteiger partial charge in [-0.3, -0.25) is 0 Å². The quantitative estimate of drug-likeness (QED) is 0.572. The average molecular weight is 317 g/mol. The first-order valence-electron chi connectivity index (χ1n) is 8.36. The van der Waals surface area contributed by atoms with Crippen LogP contribution in [0, 0.1) is 17.8 Å². The number of benzene rings is 1. The Morgan fingerprint density at radius 1 is 1.17 bits per heavy atom. The predicted octanol–water partition coefficient (Wildman–Crippen LogP) is 2.45. The van der Waals surface area contributed by atoms with Gasteiger partial charge in [0.25, 0.3) is 0 Å². The molecular formula is C18H23NO4. The zero-order chi connectivity index (χ0) is 15.6. The van der Waals surface area contributed by atoms with E-state index in [1.807, 2.05) is 6.07 Å². The van der Waals surface area contributed by atoms with E-state index in [0.29, 0.717) is 37.8 Å². The number of hydrogen-bond acceptors (Lipinski definition) is 5. The van der Waals surface area contributed by atoms with E-state index in [1.54, 1.807) is 7.11 Å². The Hall–Kier alpha value is -1.43. The summed E-state index contributed by atoms with van der Waals surface area (Å²) in [4.78, 5) is 5.80. The summed E-state index contributed by atoms with van der Waals surface area (Å²) in [5.41, 5.74) is 2.31. The number of rotatable bonds is 7. The minimum Gasteiger partial charge on any atom is -0.391 e. The van der Waals surface area contributed by atoms with Crippen molar-refractivity contribution in [2.75, 3.05) is 27.1 Å². The number of nitrogens with zero attached hydrogens (tertiary/aromatic N) is 1. The standard InChI is InChI=1S/C18H23NO4/c1-20-7-8-21-11-22-15-10-13-9-14(15)18-16(13)17(19-23-18)12-5-3-2-4-6-12/h2-6,13-16,18H,7-11H2,1H3/t13-,14+,15-,16+,18+/m0/s1. The number of oxime groups is 1. The van der Waals surface area contributed by atoms with Crippen LogP contribution in [0.4, 0.5) is 0 Å². The third-order valence-electron chi connectivity index (χ3n) is 5.33. The van der Waals surface area contributed by atoms with Crippen LogP contribution in [0.5, 0.6) is 0 Å². The Morgan fingerprint density at radius 3 is 2.87 bits per heavy atom. The van der Waals surface area contributed by atoms with Crippen molar-refractivity contribution in [2.24, 2.45) is 22.9 Å². The van der Waals surface area contributed by atoms with E-state index in [9.17, 15) is 0 Å². The molecule has 1 heterocycles. The molecule has 1 aromatic carbocycles. The molecule has 0 N–H and O–H groups in total. The average Bonchev–Trinajstić information content (AvgIpc) is 3.27. The van der Waals surface area contributed by atoms with Gasteiger partial charge >= 0.3 is 0 Å². The van der Waals surface area contributed by atoms with E-state index >= 15 is 0 Å². The van der Waals surface area contributed by atoms with Crippen LogP contribution in [0.2, 0.25) is 0 Å². The summed E-state index contributed by atoms with van der Waals surface area (Å²) in [7, 11) is 1.67. The fourth-order valence-corrected chi connectivity index (χ4v) is 4.33. The maximum atomic E-state index is 5.92. The zero-order valence-corrected chi connectivity index (χ0v) is 13.4. The van der Waals surface area contributed by atoms with Gasteiger partial charge in [-0.15, -0.1) is 0 Å². The van der Waals surface area contributed by atoms with E-state index in [0.717, 1.165) is 12.1 Å². The lowest BCUT2D eigenvalue weighted by Gasteiger charge is -2.29. The van der Waals surface area contributed by atoms with E-state index in [2.05, 4.69) is 29.4 Å². The van der Waals surface area contributed by atoms with Crippen LogP contribution in [0.3, 0.4) is 0 Å². The molecule has 0 amide bonds. The maximum absolute atomic E-state index is 5.92. The molecule has 4 rings (SSSR count). The molecule has 5 nitrogen and oxygen atoms in total. The molecule has 0 unspecified atom stereocenters. The molecule has 0 spiro atoms. The molecular weight excluding hydrogens is 294 g/mol. The van der Waals surface area contributed by atoms with Crippen LogP contribution in [0.1, 0.15) is 18.4 Å². The molecule has 3 aliphatic rings. The van der Waals surface area contributed by atoms with Crippen molar-refractivity contribution >= 4 is 5.71 Å². The van der Waals surface area contributed by atoms with Crippen molar-refractivity contribution < 1.29 is 19.0 Å². The Balaban J connectivity index is 1.35. The van der Waals surface area contributed by atoms with Crippen molar-refractivity contribution in [1.29, 1.82) is 0 Å². The van der Waals surface area contributed by atoms with E-state index in [4.69, 9.17) is 19.0 Å². The van der Waals surface area contributed by atoms with Crippen LogP contribution in [-0.4, -0.2) is 45.0 Å². The molecule has 0 saturated heterocycles. The molecule has 5 heteroatoms. The Kier molecular flexibility index (Phi) is 4.33. The van der Waals surface area contributed by atoms with E-state index < -0.39 is 0 Å². The predicted molar refractivity (Wildman–Crippen MR) is 85.1 cm³/mol. The van der Waals surface area contributed by atoms with Crippen LogP contribution < -0.4 is 0 Å². The number of methoxy groups -OCH3 is 1. The summed E-state index contributed by atoms with van der Waals surface area (Å²) in [5.74, 6) is 1.47. The molecule has 0 radical (unpaired) electrons. The van der Waals surface area contributed by atoms with Gasteiger partial charge in [0, 0.05) is 18.9 Å². The van der Waals surface area contributed by atoms with Gasteiger partial charge in [0.1, 0.15) is 12.9 Å². The summed E-state index contributed by atoms with van der Waals surface area (Å²) in [6, 6.07) is 10.4. The van der Waals surface area contributed by atoms with Crippen molar-refractivity contribution in [1.82, 2.24) is 0 Å². The van der Waals surface area contributed by atoms with Crippen LogP contribution in [0.25, 0.3) is 0 Å². The van der Waals surface area contributed by atoms with Gasteiger partial charge in [-0.2, -0.15) is 0 Å². The normalized spacial score (nSPS) is 34.3. The number of hydrogen-bond donors (Lipinski definition) is 0.